The summed E-state index contributed by atoms with van der Waals surface area (Å²) in [5.41, 5.74) is 2.65. The van der Waals surface area contributed by atoms with Gasteiger partial charge in [0, 0.05) is 31.7 Å². The molecule has 3 aromatic rings. The van der Waals surface area contributed by atoms with Gasteiger partial charge in [0.25, 0.3) is 0 Å². The van der Waals surface area contributed by atoms with Crippen LogP contribution in [0, 0.1) is 17.1 Å². The zero-order chi connectivity index (χ0) is 20.9. The Hall–Kier alpha value is -3.40. The van der Waals surface area contributed by atoms with Gasteiger partial charge in [-0.2, -0.15) is 5.26 Å². The molecule has 2 aromatic heterocycles. The van der Waals surface area contributed by atoms with Gasteiger partial charge < -0.3 is 15.0 Å². The fourth-order valence-corrected chi connectivity index (χ4v) is 3.61. The Bertz CT molecular complexity index is 1060. The maximum absolute atomic E-state index is 13.0. The lowest BCUT2D eigenvalue weighted by Crippen LogP contribution is -2.21. The first-order valence-electron chi connectivity index (χ1n) is 10.2. The van der Waals surface area contributed by atoms with Crippen LogP contribution in [0.2, 0.25) is 0 Å². The van der Waals surface area contributed by atoms with E-state index in [1.165, 1.54) is 25.0 Å². The Morgan fingerprint density at radius 1 is 1.20 bits per heavy atom. The summed E-state index contributed by atoms with van der Waals surface area (Å²) in [6, 6.07) is 12.2. The molecule has 0 unspecified atom stereocenters. The topological polar surface area (TPSA) is 74.1 Å². The molecular weight excluding hydrogens is 381 g/mol. The van der Waals surface area contributed by atoms with E-state index in [1.807, 2.05) is 19.1 Å². The summed E-state index contributed by atoms with van der Waals surface area (Å²) in [6.07, 6.45) is 4.64. The average Bonchev–Trinajstić information content (AvgIpc) is 3.30. The third-order valence-corrected chi connectivity index (χ3v) is 5.27. The number of benzene rings is 1. The molecule has 30 heavy (non-hydrogen) atoms. The Morgan fingerprint density at radius 2 is 1.97 bits per heavy atom. The lowest BCUT2D eigenvalue weighted by atomic mass is 10.1. The predicted molar refractivity (Wildman–Crippen MR) is 115 cm³/mol. The van der Waals surface area contributed by atoms with Crippen molar-refractivity contribution < 1.29 is 9.13 Å². The summed E-state index contributed by atoms with van der Waals surface area (Å²) in [6.45, 7) is 4.51. The van der Waals surface area contributed by atoms with Crippen molar-refractivity contribution in [3.63, 3.8) is 0 Å². The normalized spacial score (nSPS) is 14.5. The molecule has 7 heteroatoms. The molecule has 1 saturated heterocycles. The van der Waals surface area contributed by atoms with Gasteiger partial charge in [-0.3, -0.25) is 4.98 Å². The van der Waals surface area contributed by atoms with E-state index < -0.39 is 0 Å². The highest BCUT2D eigenvalue weighted by atomic mass is 19.1. The van der Waals surface area contributed by atoms with E-state index in [9.17, 15) is 9.65 Å². The molecule has 0 spiro atoms. The largest absolute Gasteiger partial charge is 0.494 e. The summed E-state index contributed by atoms with van der Waals surface area (Å²) >= 11 is 0. The van der Waals surface area contributed by atoms with Crippen molar-refractivity contribution in [1.29, 1.82) is 5.26 Å². The standard InChI is InChI=1S/C23H24FN5O/c1-16(10-13-30-19-6-4-18(24)5-7-19)27-22-17(14-25)15-26-20-8-9-21(28-23(20)22)29-11-2-3-12-29/h4-9,15-16H,2-3,10-13H2,1H3,(H,26,27)/t16-/m1/s1. The van der Waals surface area contributed by atoms with Crippen LogP contribution in [0.5, 0.6) is 5.75 Å². The van der Waals surface area contributed by atoms with Crippen LogP contribution in [0.4, 0.5) is 15.9 Å². The fourth-order valence-electron chi connectivity index (χ4n) is 3.61. The monoisotopic (exact) mass is 405 g/mol. The average molecular weight is 405 g/mol. The van der Waals surface area contributed by atoms with Crippen molar-refractivity contribution in [2.45, 2.75) is 32.2 Å². The zero-order valence-electron chi connectivity index (χ0n) is 16.9. The SMILES string of the molecule is C[C@H](CCOc1ccc(F)cc1)Nc1c(C#N)cnc2ccc(N3CCCC3)nc12. The Labute approximate surface area is 175 Å². The number of hydrogen-bond acceptors (Lipinski definition) is 6. The van der Waals surface area contributed by atoms with E-state index in [0.29, 0.717) is 35.5 Å². The minimum absolute atomic E-state index is 0.0420. The quantitative estimate of drug-likeness (QED) is 0.623. The van der Waals surface area contributed by atoms with Gasteiger partial charge in [-0.1, -0.05) is 0 Å². The highest BCUT2D eigenvalue weighted by Gasteiger charge is 2.17. The first kappa shape index (κ1) is 19.9. The van der Waals surface area contributed by atoms with E-state index in [-0.39, 0.29) is 11.9 Å². The zero-order valence-corrected chi connectivity index (χ0v) is 16.9. The van der Waals surface area contributed by atoms with Gasteiger partial charge in [-0.05, 0) is 56.2 Å². The maximum atomic E-state index is 13.0. The second-order valence-electron chi connectivity index (χ2n) is 7.53. The molecule has 1 N–H and O–H groups in total. The Balaban J connectivity index is 1.50. The van der Waals surface area contributed by atoms with Crippen LogP contribution in [0.25, 0.3) is 11.0 Å². The van der Waals surface area contributed by atoms with Gasteiger partial charge in [-0.15, -0.1) is 0 Å². The smallest absolute Gasteiger partial charge is 0.129 e. The number of aromatic nitrogens is 2. The summed E-state index contributed by atoms with van der Waals surface area (Å²) in [5.74, 6) is 1.27. The highest BCUT2D eigenvalue weighted by molar-refractivity contribution is 5.91. The summed E-state index contributed by atoms with van der Waals surface area (Å²) < 4.78 is 18.7. The molecule has 6 nitrogen and oxygen atoms in total. The van der Waals surface area contributed by atoms with E-state index in [4.69, 9.17) is 9.72 Å². The molecule has 1 aromatic carbocycles. The highest BCUT2D eigenvalue weighted by Crippen LogP contribution is 2.28. The number of rotatable bonds is 7. The molecule has 1 atom stereocenters. The second-order valence-corrected chi connectivity index (χ2v) is 7.53. The lowest BCUT2D eigenvalue weighted by molar-refractivity contribution is 0.304. The van der Waals surface area contributed by atoms with E-state index >= 15 is 0 Å². The van der Waals surface area contributed by atoms with Crippen molar-refractivity contribution >= 4 is 22.5 Å². The van der Waals surface area contributed by atoms with Crippen LogP contribution in [0.1, 0.15) is 31.7 Å². The molecule has 154 valence electrons. The number of nitrogens with one attached hydrogen (secondary N) is 1. The first-order valence-corrected chi connectivity index (χ1v) is 10.2. The predicted octanol–water partition coefficient (Wildman–Crippen LogP) is 4.51. The van der Waals surface area contributed by atoms with Gasteiger partial charge in [0.15, 0.2) is 0 Å². The number of anilines is 2. The number of nitriles is 1. The molecule has 1 aliphatic rings. The molecule has 0 bridgehead atoms. The van der Waals surface area contributed by atoms with Crippen molar-refractivity contribution in [3.05, 3.63) is 54.0 Å². The third-order valence-electron chi connectivity index (χ3n) is 5.27. The molecule has 0 aliphatic carbocycles. The minimum Gasteiger partial charge on any atom is -0.494 e. The van der Waals surface area contributed by atoms with Crippen LogP contribution in [-0.2, 0) is 0 Å². The van der Waals surface area contributed by atoms with Gasteiger partial charge in [-0.25, -0.2) is 9.37 Å². The van der Waals surface area contributed by atoms with Crippen LogP contribution in [-0.4, -0.2) is 35.7 Å². The number of pyridine rings is 2. The van der Waals surface area contributed by atoms with Crippen LogP contribution in [0.15, 0.2) is 42.6 Å². The molecule has 0 amide bonds. The van der Waals surface area contributed by atoms with Gasteiger partial charge in [0.1, 0.15) is 29.0 Å². The van der Waals surface area contributed by atoms with Gasteiger partial charge >= 0.3 is 0 Å². The van der Waals surface area contributed by atoms with Crippen molar-refractivity contribution in [2.24, 2.45) is 0 Å². The first-order chi connectivity index (χ1) is 14.6. The van der Waals surface area contributed by atoms with E-state index in [2.05, 4.69) is 21.3 Å². The lowest BCUT2D eigenvalue weighted by Gasteiger charge is -2.20. The van der Waals surface area contributed by atoms with Crippen molar-refractivity contribution in [3.8, 4) is 11.8 Å². The number of hydrogen-bond donors (Lipinski definition) is 1. The molecule has 4 rings (SSSR count). The molecule has 0 saturated carbocycles. The third kappa shape index (κ3) is 4.43. The number of nitrogens with zero attached hydrogens (tertiary/aromatic N) is 4. The summed E-state index contributed by atoms with van der Waals surface area (Å²) in [7, 11) is 0. The van der Waals surface area contributed by atoms with Crippen molar-refractivity contribution in [2.75, 3.05) is 29.9 Å². The van der Waals surface area contributed by atoms with E-state index in [1.54, 1.807) is 18.3 Å². The molecule has 0 radical (unpaired) electrons. The number of halogens is 1. The molecule has 3 heterocycles. The molecule has 1 fully saturated rings. The van der Waals surface area contributed by atoms with Crippen molar-refractivity contribution in [1.82, 2.24) is 9.97 Å². The van der Waals surface area contributed by atoms with Gasteiger partial charge in [0.2, 0.25) is 0 Å². The molecular formula is C23H24FN5O. The Morgan fingerprint density at radius 3 is 2.70 bits per heavy atom. The summed E-state index contributed by atoms with van der Waals surface area (Å²) in [5, 5.41) is 13.0. The van der Waals surface area contributed by atoms with Crippen LogP contribution in [0.3, 0.4) is 0 Å². The molecule has 1 aliphatic heterocycles. The van der Waals surface area contributed by atoms with Crippen LogP contribution < -0.4 is 15.0 Å². The fraction of sp³-hybridized carbons (Fsp3) is 0.348. The van der Waals surface area contributed by atoms with Gasteiger partial charge in [0.05, 0.1) is 23.4 Å². The summed E-state index contributed by atoms with van der Waals surface area (Å²) in [4.78, 5) is 11.5. The maximum Gasteiger partial charge on any atom is 0.129 e. The second kappa shape index (κ2) is 8.95. The minimum atomic E-state index is -0.285. The Kier molecular flexibility index (Phi) is 5.94. The number of ether oxygens (including phenoxy) is 1. The number of fused-ring (bicyclic) bond motifs is 1. The van der Waals surface area contributed by atoms with E-state index in [0.717, 1.165) is 24.4 Å². The van der Waals surface area contributed by atoms with Crippen LogP contribution >= 0.6 is 0 Å².